The molecule has 1 atom stereocenters. The fourth-order valence-corrected chi connectivity index (χ4v) is 2.90. The fraction of sp³-hybridized carbons (Fsp3) is 1.00. The average Bonchev–Trinajstić information content (AvgIpc) is 2.27. The molecule has 1 aliphatic rings. The monoisotopic (exact) mass is 246 g/mol. The molecular formula is C12H26N2OS. The van der Waals surface area contributed by atoms with E-state index in [0.29, 0.717) is 12.6 Å². The van der Waals surface area contributed by atoms with Gasteiger partial charge in [-0.05, 0) is 45.7 Å². The zero-order chi connectivity index (χ0) is 12.0. The molecule has 0 radical (unpaired) electrons. The van der Waals surface area contributed by atoms with Gasteiger partial charge in [-0.15, -0.1) is 0 Å². The molecule has 1 heterocycles. The van der Waals surface area contributed by atoms with Crippen molar-refractivity contribution in [3.63, 3.8) is 0 Å². The molecule has 16 heavy (non-hydrogen) atoms. The summed E-state index contributed by atoms with van der Waals surface area (Å²) in [5, 5.41) is 13.6. The topological polar surface area (TPSA) is 35.5 Å². The minimum atomic E-state index is -0.568. The third-order valence-electron chi connectivity index (χ3n) is 3.26. The molecule has 1 aliphatic heterocycles. The number of likely N-dealkylation sites (tertiary alicyclic amines) is 1. The molecule has 0 spiro atoms. The van der Waals surface area contributed by atoms with Crippen molar-refractivity contribution in [2.75, 3.05) is 38.2 Å². The summed E-state index contributed by atoms with van der Waals surface area (Å²) >= 11 is 1.70. The van der Waals surface area contributed by atoms with E-state index in [1.54, 1.807) is 11.8 Å². The molecule has 96 valence electrons. The van der Waals surface area contributed by atoms with Crippen molar-refractivity contribution in [2.45, 2.75) is 38.3 Å². The summed E-state index contributed by atoms with van der Waals surface area (Å²) in [5.41, 5.74) is -0.568. The Kier molecular flexibility index (Phi) is 6.11. The largest absolute Gasteiger partial charge is 0.388 e. The maximum Gasteiger partial charge on any atom is 0.0833 e. The molecule has 0 amide bonds. The first-order valence-corrected chi connectivity index (χ1v) is 7.64. The molecule has 4 heteroatoms. The third kappa shape index (κ3) is 5.04. The lowest BCUT2D eigenvalue weighted by molar-refractivity contribution is 0.0767. The van der Waals surface area contributed by atoms with Crippen molar-refractivity contribution in [1.82, 2.24) is 10.2 Å². The second-order valence-corrected chi connectivity index (χ2v) is 5.89. The van der Waals surface area contributed by atoms with Gasteiger partial charge in [-0.2, -0.15) is 11.8 Å². The maximum absolute atomic E-state index is 10.0. The minimum Gasteiger partial charge on any atom is -0.388 e. The van der Waals surface area contributed by atoms with Gasteiger partial charge in [0, 0.05) is 18.3 Å². The molecule has 3 nitrogen and oxygen atoms in total. The maximum atomic E-state index is 10.0. The Bertz CT molecular complexity index is 191. The van der Waals surface area contributed by atoms with Crippen LogP contribution in [0, 0.1) is 0 Å². The number of nitrogens with zero attached hydrogens (tertiary/aromatic N) is 1. The van der Waals surface area contributed by atoms with E-state index in [2.05, 4.69) is 17.1 Å². The van der Waals surface area contributed by atoms with Gasteiger partial charge >= 0.3 is 0 Å². The van der Waals surface area contributed by atoms with E-state index in [-0.39, 0.29) is 0 Å². The summed E-state index contributed by atoms with van der Waals surface area (Å²) < 4.78 is 0. The highest BCUT2D eigenvalue weighted by Gasteiger charge is 2.23. The van der Waals surface area contributed by atoms with Gasteiger partial charge in [-0.1, -0.05) is 6.92 Å². The van der Waals surface area contributed by atoms with Crippen molar-refractivity contribution in [2.24, 2.45) is 0 Å². The summed E-state index contributed by atoms with van der Waals surface area (Å²) in [6.45, 7) is 8.40. The molecule has 0 aromatic rings. The van der Waals surface area contributed by atoms with Crippen LogP contribution in [0.2, 0.25) is 0 Å². The first kappa shape index (κ1) is 14.3. The Morgan fingerprint density at radius 2 is 2.06 bits per heavy atom. The Balaban J connectivity index is 2.19. The van der Waals surface area contributed by atoms with Gasteiger partial charge in [0.1, 0.15) is 0 Å². The number of hydrogen-bond donors (Lipinski definition) is 2. The van der Waals surface area contributed by atoms with Gasteiger partial charge in [-0.25, -0.2) is 0 Å². The van der Waals surface area contributed by atoms with Crippen LogP contribution in [0.25, 0.3) is 0 Å². The number of aliphatic hydroxyl groups is 1. The summed E-state index contributed by atoms with van der Waals surface area (Å²) in [7, 11) is 0. The predicted molar refractivity (Wildman–Crippen MR) is 72.1 cm³/mol. The molecule has 0 aromatic heterocycles. The van der Waals surface area contributed by atoms with Gasteiger partial charge < -0.3 is 15.3 Å². The van der Waals surface area contributed by atoms with Crippen LogP contribution in [0.15, 0.2) is 0 Å². The SMILES string of the molecule is CCN1CCC(NCC(C)(O)CSC)CC1. The van der Waals surface area contributed by atoms with E-state index >= 15 is 0 Å². The fourth-order valence-electron chi connectivity index (χ4n) is 2.18. The predicted octanol–water partition coefficient (Wildman–Crippen LogP) is 1.17. The van der Waals surface area contributed by atoms with Crippen LogP contribution in [-0.2, 0) is 0 Å². The number of nitrogens with one attached hydrogen (secondary N) is 1. The van der Waals surface area contributed by atoms with Crippen LogP contribution in [0.1, 0.15) is 26.7 Å². The Morgan fingerprint density at radius 3 is 2.56 bits per heavy atom. The summed E-state index contributed by atoms with van der Waals surface area (Å²) in [5.74, 6) is 0.799. The Labute approximate surface area is 104 Å². The smallest absolute Gasteiger partial charge is 0.0833 e. The Hall–Kier alpha value is 0.230. The van der Waals surface area contributed by atoms with Crippen molar-refractivity contribution < 1.29 is 5.11 Å². The van der Waals surface area contributed by atoms with Crippen LogP contribution < -0.4 is 5.32 Å². The highest BCUT2D eigenvalue weighted by molar-refractivity contribution is 7.98. The number of thioether (sulfide) groups is 1. The van der Waals surface area contributed by atoms with Crippen LogP contribution >= 0.6 is 11.8 Å². The molecule has 1 unspecified atom stereocenters. The van der Waals surface area contributed by atoms with E-state index in [1.165, 1.54) is 25.9 Å². The quantitative estimate of drug-likeness (QED) is 0.737. The first-order valence-electron chi connectivity index (χ1n) is 6.24. The van der Waals surface area contributed by atoms with Crippen molar-refractivity contribution >= 4 is 11.8 Å². The number of rotatable bonds is 6. The van der Waals surface area contributed by atoms with Crippen LogP contribution in [0.5, 0.6) is 0 Å². The normalized spacial score (nSPS) is 23.2. The van der Waals surface area contributed by atoms with E-state index in [0.717, 1.165) is 12.3 Å². The lowest BCUT2D eigenvalue weighted by Crippen LogP contribution is -2.48. The summed E-state index contributed by atoms with van der Waals surface area (Å²) in [6.07, 6.45) is 4.46. The molecule has 1 rings (SSSR count). The van der Waals surface area contributed by atoms with Gasteiger partial charge in [0.25, 0.3) is 0 Å². The van der Waals surface area contributed by atoms with E-state index in [9.17, 15) is 5.11 Å². The molecule has 0 bridgehead atoms. The Morgan fingerprint density at radius 1 is 1.44 bits per heavy atom. The zero-order valence-electron chi connectivity index (χ0n) is 10.8. The van der Waals surface area contributed by atoms with Crippen molar-refractivity contribution in [1.29, 1.82) is 0 Å². The molecular weight excluding hydrogens is 220 g/mol. The summed E-state index contributed by atoms with van der Waals surface area (Å²) in [4.78, 5) is 2.48. The average molecular weight is 246 g/mol. The highest BCUT2D eigenvalue weighted by Crippen LogP contribution is 2.13. The molecule has 0 aromatic carbocycles. The third-order valence-corrected chi connectivity index (χ3v) is 4.17. The molecule has 1 fully saturated rings. The molecule has 0 saturated carbocycles. The van der Waals surface area contributed by atoms with E-state index in [4.69, 9.17) is 0 Å². The molecule has 2 N–H and O–H groups in total. The van der Waals surface area contributed by atoms with Crippen LogP contribution in [0.4, 0.5) is 0 Å². The number of piperidine rings is 1. The van der Waals surface area contributed by atoms with Crippen LogP contribution in [-0.4, -0.2) is 59.8 Å². The first-order chi connectivity index (χ1) is 7.57. The van der Waals surface area contributed by atoms with Crippen LogP contribution in [0.3, 0.4) is 0 Å². The standard InChI is InChI=1S/C12H26N2OS/c1-4-14-7-5-11(6-8-14)13-9-12(2,15)10-16-3/h11,13,15H,4-10H2,1-3H3. The lowest BCUT2D eigenvalue weighted by Gasteiger charge is -2.33. The summed E-state index contributed by atoms with van der Waals surface area (Å²) in [6, 6.07) is 0.594. The highest BCUT2D eigenvalue weighted by atomic mass is 32.2. The van der Waals surface area contributed by atoms with Gasteiger partial charge in [0.15, 0.2) is 0 Å². The zero-order valence-corrected chi connectivity index (χ0v) is 11.6. The van der Waals surface area contributed by atoms with Gasteiger partial charge in [0.05, 0.1) is 5.60 Å². The molecule has 0 aliphatic carbocycles. The van der Waals surface area contributed by atoms with Gasteiger partial charge in [0.2, 0.25) is 0 Å². The molecule has 1 saturated heterocycles. The van der Waals surface area contributed by atoms with E-state index in [1.807, 2.05) is 13.2 Å². The van der Waals surface area contributed by atoms with Crippen molar-refractivity contribution in [3.8, 4) is 0 Å². The second-order valence-electron chi connectivity index (χ2n) is 5.02. The number of hydrogen-bond acceptors (Lipinski definition) is 4. The van der Waals surface area contributed by atoms with Crippen molar-refractivity contribution in [3.05, 3.63) is 0 Å². The van der Waals surface area contributed by atoms with Gasteiger partial charge in [-0.3, -0.25) is 0 Å². The lowest BCUT2D eigenvalue weighted by atomic mass is 10.0. The minimum absolute atomic E-state index is 0.568. The van der Waals surface area contributed by atoms with E-state index < -0.39 is 5.60 Å². The second kappa shape index (κ2) is 6.84.